The number of carbonyl (C=O) groups is 2. The summed E-state index contributed by atoms with van der Waals surface area (Å²) in [5.74, 6) is 0.787. The Kier molecular flexibility index (Phi) is 2.02. The zero-order valence-corrected chi connectivity index (χ0v) is 11.8. The van der Waals surface area contributed by atoms with Crippen molar-refractivity contribution in [2.24, 2.45) is 23.2 Å². The molecule has 104 valence electrons. The summed E-state index contributed by atoms with van der Waals surface area (Å²) in [5, 5.41) is 0. The first-order chi connectivity index (χ1) is 9.75. The third-order valence-corrected chi connectivity index (χ3v) is 6.78. The SMILES string of the molecule is O=C1[C@H]2C3=C(CCCC3)[C@H]1[C@@]13CCCCC1=CC(=O)[C@H]23. The molecule has 5 aliphatic carbocycles. The van der Waals surface area contributed by atoms with Crippen LogP contribution in [0.5, 0.6) is 0 Å². The van der Waals surface area contributed by atoms with Gasteiger partial charge < -0.3 is 0 Å². The zero-order valence-electron chi connectivity index (χ0n) is 11.8. The number of ketones is 2. The molecule has 0 aromatic heterocycles. The summed E-state index contributed by atoms with van der Waals surface area (Å²) < 4.78 is 0. The normalized spacial score (nSPS) is 45.4. The molecule has 20 heavy (non-hydrogen) atoms. The highest BCUT2D eigenvalue weighted by Crippen LogP contribution is 2.70. The van der Waals surface area contributed by atoms with E-state index in [0.29, 0.717) is 5.78 Å². The van der Waals surface area contributed by atoms with Gasteiger partial charge in [0.25, 0.3) is 0 Å². The van der Waals surface area contributed by atoms with Gasteiger partial charge >= 0.3 is 0 Å². The smallest absolute Gasteiger partial charge is 0.160 e. The van der Waals surface area contributed by atoms with Gasteiger partial charge in [-0.15, -0.1) is 0 Å². The Balaban J connectivity index is 1.74. The van der Waals surface area contributed by atoms with Crippen LogP contribution in [0.15, 0.2) is 22.8 Å². The van der Waals surface area contributed by atoms with Gasteiger partial charge in [0, 0.05) is 17.3 Å². The van der Waals surface area contributed by atoms with Crippen molar-refractivity contribution in [1.29, 1.82) is 0 Å². The van der Waals surface area contributed by atoms with Crippen LogP contribution in [-0.2, 0) is 9.59 Å². The predicted molar refractivity (Wildman–Crippen MR) is 75.0 cm³/mol. The fourth-order valence-electron chi connectivity index (χ4n) is 6.26. The van der Waals surface area contributed by atoms with E-state index in [-0.39, 0.29) is 29.0 Å². The lowest BCUT2D eigenvalue weighted by atomic mass is 9.57. The lowest BCUT2D eigenvalue weighted by Gasteiger charge is -2.45. The molecule has 0 radical (unpaired) electrons. The van der Waals surface area contributed by atoms with Gasteiger partial charge in [0.2, 0.25) is 0 Å². The molecular formula is C18H20O2. The van der Waals surface area contributed by atoms with E-state index in [1.54, 1.807) is 0 Å². The molecule has 2 fully saturated rings. The largest absolute Gasteiger partial charge is 0.298 e. The van der Waals surface area contributed by atoms with Gasteiger partial charge in [0.1, 0.15) is 5.78 Å². The van der Waals surface area contributed by atoms with Gasteiger partial charge in [-0.1, -0.05) is 23.1 Å². The highest BCUT2D eigenvalue weighted by Gasteiger charge is 2.70. The Morgan fingerprint density at radius 3 is 2.55 bits per heavy atom. The Morgan fingerprint density at radius 2 is 1.70 bits per heavy atom. The molecule has 0 unspecified atom stereocenters. The summed E-state index contributed by atoms with van der Waals surface area (Å²) in [7, 11) is 0. The number of fused-ring (bicyclic) bond motifs is 5. The first-order valence-corrected chi connectivity index (χ1v) is 8.25. The molecule has 0 aliphatic heterocycles. The summed E-state index contributed by atoms with van der Waals surface area (Å²) in [6, 6.07) is 0. The van der Waals surface area contributed by atoms with Gasteiger partial charge in [-0.2, -0.15) is 0 Å². The van der Waals surface area contributed by atoms with Crippen LogP contribution in [0.3, 0.4) is 0 Å². The van der Waals surface area contributed by atoms with Crippen molar-refractivity contribution in [1.82, 2.24) is 0 Å². The Bertz CT molecular complexity index is 609. The molecule has 1 spiro atoms. The maximum atomic E-state index is 12.9. The minimum atomic E-state index is -0.0484. The lowest BCUT2D eigenvalue weighted by molar-refractivity contribution is -0.124. The third-order valence-electron chi connectivity index (χ3n) is 6.78. The molecule has 5 rings (SSSR count). The van der Waals surface area contributed by atoms with Crippen LogP contribution in [0, 0.1) is 23.2 Å². The van der Waals surface area contributed by atoms with E-state index in [1.807, 2.05) is 6.08 Å². The molecule has 2 saturated carbocycles. The molecule has 5 aliphatic rings. The van der Waals surface area contributed by atoms with Crippen LogP contribution < -0.4 is 0 Å². The molecule has 2 nitrogen and oxygen atoms in total. The van der Waals surface area contributed by atoms with Crippen LogP contribution in [0.1, 0.15) is 51.4 Å². The second-order valence-corrected chi connectivity index (χ2v) is 7.37. The van der Waals surface area contributed by atoms with E-state index in [2.05, 4.69) is 0 Å². The first kappa shape index (κ1) is 11.5. The minimum Gasteiger partial charge on any atom is -0.298 e. The summed E-state index contributed by atoms with van der Waals surface area (Å²) in [6.45, 7) is 0. The molecule has 2 heteroatoms. The molecule has 0 aromatic carbocycles. The van der Waals surface area contributed by atoms with Gasteiger partial charge in [-0.25, -0.2) is 0 Å². The number of hydrogen-bond donors (Lipinski definition) is 0. The number of Topliss-reactive ketones (excluding diaryl/α,β-unsaturated/α-hetero) is 1. The van der Waals surface area contributed by atoms with E-state index >= 15 is 0 Å². The molecule has 4 atom stereocenters. The van der Waals surface area contributed by atoms with Gasteiger partial charge in [0.05, 0.1) is 5.92 Å². The minimum absolute atomic E-state index is 0.00662. The van der Waals surface area contributed by atoms with E-state index in [1.165, 1.54) is 42.4 Å². The fraction of sp³-hybridized carbons (Fsp3) is 0.667. The van der Waals surface area contributed by atoms with E-state index in [4.69, 9.17) is 0 Å². The summed E-state index contributed by atoms with van der Waals surface area (Å²) in [6.07, 6.45) is 11.1. The van der Waals surface area contributed by atoms with Crippen LogP contribution in [-0.4, -0.2) is 11.6 Å². The standard InChI is InChI=1S/C18H20O2/c19-13-9-10-5-3-4-8-18(10)15-12-7-2-1-6-11(12)14(16(13)18)17(15)20/h9,14-16H,1-8H2/t14-,15+,16+,18+/m0/s1. The Labute approximate surface area is 119 Å². The molecule has 2 bridgehead atoms. The second kappa shape index (κ2) is 3.52. The summed E-state index contributed by atoms with van der Waals surface area (Å²) >= 11 is 0. The van der Waals surface area contributed by atoms with E-state index < -0.39 is 0 Å². The predicted octanol–water partition coefficient (Wildman–Crippen LogP) is 3.37. The molecular weight excluding hydrogens is 248 g/mol. The van der Waals surface area contributed by atoms with Crippen molar-refractivity contribution in [2.45, 2.75) is 51.4 Å². The highest BCUT2D eigenvalue weighted by atomic mass is 16.1. The van der Waals surface area contributed by atoms with Crippen molar-refractivity contribution < 1.29 is 9.59 Å². The quantitative estimate of drug-likeness (QED) is 0.631. The second-order valence-electron chi connectivity index (χ2n) is 7.37. The van der Waals surface area contributed by atoms with Crippen molar-refractivity contribution in [2.75, 3.05) is 0 Å². The molecule has 0 N–H and O–H groups in total. The molecule has 0 heterocycles. The topological polar surface area (TPSA) is 34.1 Å². The number of carbonyl (C=O) groups excluding carboxylic acids is 2. The average molecular weight is 268 g/mol. The first-order valence-electron chi connectivity index (χ1n) is 8.25. The van der Waals surface area contributed by atoms with Crippen LogP contribution >= 0.6 is 0 Å². The van der Waals surface area contributed by atoms with Gasteiger partial charge in [-0.3, -0.25) is 9.59 Å². The Hall–Kier alpha value is -1.18. The third kappa shape index (κ3) is 1.03. The van der Waals surface area contributed by atoms with Crippen LogP contribution in [0.4, 0.5) is 0 Å². The molecule has 0 amide bonds. The van der Waals surface area contributed by atoms with E-state index in [0.717, 1.165) is 25.7 Å². The summed E-state index contributed by atoms with van der Waals surface area (Å²) in [5.41, 5.74) is 4.17. The number of hydrogen-bond acceptors (Lipinski definition) is 2. The zero-order chi connectivity index (χ0) is 13.5. The van der Waals surface area contributed by atoms with Crippen molar-refractivity contribution >= 4 is 11.6 Å². The van der Waals surface area contributed by atoms with Crippen molar-refractivity contribution in [3.63, 3.8) is 0 Å². The number of allylic oxidation sites excluding steroid dienone is 4. The molecule has 0 saturated heterocycles. The maximum absolute atomic E-state index is 12.9. The van der Waals surface area contributed by atoms with Crippen molar-refractivity contribution in [3.05, 3.63) is 22.8 Å². The summed E-state index contributed by atoms with van der Waals surface area (Å²) in [4.78, 5) is 25.5. The highest BCUT2D eigenvalue weighted by molar-refractivity contribution is 6.08. The fourth-order valence-corrected chi connectivity index (χ4v) is 6.26. The van der Waals surface area contributed by atoms with Crippen LogP contribution in [0.2, 0.25) is 0 Å². The van der Waals surface area contributed by atoms with Gasteiger partial charge in [0.15, 0.2) is 5.78 Å². The Morgan fingerprint density at radius 1 is 0.950 bits per heavy atom. The van der Waals surface area contributed by atoms with E-state index in [9.17, 15) is 9.59 Å². The van der Waals surface area contributed by atoms with Crippen LogP contribution in [0.25, 0.3) is 0 Å². The van der Waals surface area contributed by atoms with Crippen molar-refractivity contribution in [3.8, 4) is 0 Å². The lowest BCUT2D eigenvalue weighted by Crippen LogP contribution is -2.40. The average Bonchev–Trinajstić information content (AvgIpc) is 3.00. The number of rotatable bonds is 0. The van der Waals surface area contributed by atoms with Gasteiger partial charge in [-0.05, 0) is 51.0 Å². The maximum Gasteiger partial charge on any atom is 0.160 e. The molecule has 0 aromatic rings. The monoisotopic (exact) mass is 268 g/mol.